The predicted octanol–water partition coefficient (Wildman–Crippen LogP) is 10.3. The second-order valence-corrected chi connectivity index (χ2v) is 13.4. The highest BCUT2D eigenvalue weighted by Crippen LogP contribution is 2.51. The van der Waals surface area contributed by atoms with Crippen LogP contribution in [-0.2, 0) is 17.9 Å². The first kappa shape index (κ1) is 27.1. The lowest BCUT2D eigenvalue weighted by atomic mass is 9.81. The number of benzene rings is 4. The Morgan fingerprint density at radius 1 is 0.860 bits per heavy atom. The van der Waals surface area contributed by atoms with Crippen LogP contribution in [0.2, 0.25) is 0 Å². The van der Waals surface area contributed by atoms with E-state index in [4.69, 9.17) is 11.0 Å². The van der Waals surface area contributed by atoms with Gasteiger partial charge in [0.25, 0.3) is 0 Å². The fraction of sp³-hybridized carbons (Fsp3) is 0.231. The van der Waals surface area contributed by atoms with Crippen molar-refractivity contribution in [3.05, 3.63) is 118 Å². The van der Waals surface area contributed by atoms with Crippen molar-refractivity contribution in [1.29, 1.82) is 0 Å². The van der Waals surface area contributed by atoms with Gasteiger partial charge in [-0.2, -0.15) is 0 Å². The van der Waals surface area contributed by atoms with E-state index < -0.39 is 0 Å². The summed E-state index contributed by atoms with van der Waals surface area (Å²) in [5, 5.41) is 1.65. The molecule has 1 aliphatic carbocycles. The van der Waals surface area contributed by atoms with Gasteiger partial charge in [0.15, 0.2) is 11.9 Å². The molecule has 4 aromatic carbocycles. The number of halogens is 1. The number of aryl methyl sites for hydroxylation is 2. The second-order valence-electron chi connectivity index (χ2n) is 13.4. The average Bonchev–Trinajstić information content (AvgIpc) is 3.46. The maximum atomic E-state index is 15.5. The molecule has 7 rings (SSSR count). The third-order valence-corrected chi connectivity index (χ3v) is 9.28. The van der Waals surface area contributed by atoms with Crippen LogP contribution in [0.1, 0.15) is 56.9 Å². The summed E-state index contributed by atoms with van der Waals surface area (Å²) in [7, 11) is 1.95. The van der Waals surface area contributed by atoms with Crippen LogP contribution < -0.4 is 4.57 Å². The summed E-state index contributed by atoms with van der Waals surface area (Å²) >= 11 is 0. The second kappa shape index (κ2) is 9.12. The molecule has 3 nitrogen and oxygen atoms in total. The predicted molar refractivity (Wildman–Crippen MR) is 173 cm³/mol. The molecule has 0 aliphatic heterocycles. The van der Waals surface area contributed by atoms with Crippen LogP contribution in [0.4, 0.5) is 10.1 Å². The number of pyridine rings is 1. The van der Waals surface area contributed by atoms with E-state index in [1.807, 2.05) is 69.8 Å². The van der Waals surface area contributed by atoms with Gasteiger partial charge < -0.3 is 4.42 Å². The molecule has 0 saturated heterocycles. The van der Waals surface area contributed by atoms with Crippen molar-refractivity contribution in [2.24, 2.45) is 7.05 Å². The summed E-state index contributed by atoms with van der Waals surface area (Å²) in [6.07, 6.45) is 1.88. The van der Waals surface area contributed by atoms with Crippen LogP contribution in [0.15, 0.2) is 83.4 Å². The standard InChI is InChI=1S/C39H34FN2O/c1-22-13-15-27-35-32(41-7)18-17-24(23-14-16-26-25-11-9-10-12-28(25)39(5,6)29(26)19-23)36(35)43-37(27)34(22)33-20-31(40)30(21-42(33)8)38(2,3)4/h9-21H,1-6,8H3/q+1. The molecule has 1 aliphatic rings. The van der Waals surface area contributed by atoms with E-state index in [0.29, 0.717) is 22.4 Å². The van der Waals surface area contributed by atoms with Gasteiger partial charge in [-0.15, -0.1) is 0 Å². The van der Waals surface area contributed by atoms with Crippen molar-refractivity contribution in [2.45, 2.75) is 52.4 Å². The molecule has 0 bridgehead atoms. The third kappa shape index (κ3) is 3.88. The lowest BCUT2D eigenvalue weighted by molar-refractivity contribution is -0.661. The molecule has 2 aromatic heterocycles. The normalized spacial score (nSPS) is 13.7. The van der Waals surface area contributed by atoms with E-state index in [9.17, 15) is 0 Å². The minimum atomic E-state index is -0.327. The number of aromatic nitrogens is 1. The van der Waals surface area contributed by atoms with Gasteiger partial charge >= 0.3 is 0 Å². The molecule has 0 unspecified atom stereocenters. The van der Waals surface area contributed by atoms with E-state index in [1.165, 1.54) is 22.3 Å². The molecular formula is C39H34FN2O+. The smallest absolute Gasteiger partial charge is 0.219 e. The van der Waals surface area contributed by atoms with Crippen LogP contribution in [0, 0.1) is 19.3 Å². The lowest BCUT2D eigenvalue weighted by Gasteiger charge is -2.22. The summed E-state index contributed by atoms with van der Waals surface area (Å²) in [6, 6.07) is 24.9. The van der Waals surface area contributed by atoms with Crippen LogP contribution >= 0.6 is 0 Å². The maximum Gasteiger partial charge on any atom is 0.219 e. The summed E-state index contributed by atoms with van der Waals surface area (Å²) in [6.45, 7) is 20.6. The molecule has 43 heavy (non-hydrogen) atoms. The molecule has 212 valence electrons. The van der Waals surface area contributed by atoms with Crippen LogP contribution in [-0.4, -0.2) is 0 Å². The van der Waals surface area contributed by atoms with Gasteiger partial charge in [-0.05, 0) is 51.8 Å². The van der Waals surface area contributed by atoms with Crippen molar-refractivity contribution < 1.29 is 13.4 Å². The molecule has 0 saturated carbocycles. The molecule has 0 radical (unpaired) electrons. The van der Waals surface area contributed by atoms with Crippen LogP contribution in [0.25, 0.3) is 60.3 Å². The third-order valence-electron chi connectivity index (χ3n) is 9.28. The number of nitrogens with zero attached hydrogens (tertiary/aromatic N) is 2. The minimum Gasteiger partial charge on any atom is -0.456 e. The van der Waals surface area contributed by atoms with Crippen molar-refractivity contribution in [3.63, 3.8) is 0 Å². The average molecular weight is 566 g/mol. The zero-order valence-corrected chi connectivity index (χ0v) is 25.7. The van der Waals surface area contributed by atoms with Crippen molar-refractivity contribution in [1.82, 2.24) is 0 Å². The fourth-order valence-electron chi connectivity index (χ4n) is 6.96. The van der Waals surface area contributed by atoms with Gasteiger partial charge in [-0.1, -0.05) is 95.3 Å². The molecule has 6 aromatic rings. The van der Waals surface area contributed by atoms with Gasteiger partial charge in [-0.3, -0.25) is 0 Å². The Bertz CT molecular complexity index is 2190. The number of hydrogen-bond donors (Lipinski definition) is 0. The highest BCUT2D eigenvalue weighted by atomic mass is 19.1. The first-order valence-electron chi connectivity index (χ1n) is 14.7. The topological polar surface area (TPSA) is 21.4 Å². The molecule has 2 heterocycles. The monoisotopic (exact) mass is 565 g/mol. The Kier molecular flexibility index (Phi) is 5.75. The molecule has 0 N–H and O–H groups in total. The summed E-state index contributed by atoms with van der Waals surface area (Å²) < 4.78 is 24.3. The lowest BCUT2D eigenvalue weighted by Crippen LogP contribution is -2.34. The summed E-state index contributed by atoms with van der Waals surface area (Å²) in [4.78, 5) is 3.88. The molecule has 4 heteroatoms. The Morgan fingerprint density at radius 3 is 2.33 bits per heavy atom. The number of fused-ring (bicyclic) bond motifs is 6. The summed E-state index contributed by atoms with van der Waals surface area (Å²) in [5.41, 5.74) is 11.8. The molecule has 0 atom stereocenters. The van der Waals surface area contributed by atoms with Crippen molar-refractivity contribution in [3.8, 4) is 33.5 Å². The zero-order chi connectivity index (χ0) is 30.4. The van der Waals surface area contributed by atoms with Crippen molar-refractivity contribution >= 4 is 27.6 Å². The van der Waals surface area contributed by atoms with Crippen LogP contribution in [0.5, 0.6) is 0 Å². The number of rotatable bonds is 2. The summed E-state index contributed by atoms with van der Waals surface area (Å²) in [5.74, 6) is -0.239. The molecule has 0 amide bonds. The molecule has 0 spiro atoms. The fourth-order valence-corrected chi connectivity index (χ4v) is 6.96. The highest BCUT2D eigenvalue weighted by Gasteiger charge is 2.35. The van der Waals surface area contributed by atoms with Gasteiger partial charge in [0.2, 0.25) is 5.69 Å². The molecule has 0 fully saturated rings. The Hall–Kier alpha value is -4.75. The van der Waals surface area contributed by atoms with E-state index in [0.717, 1.165) is 38.7 Å². The van der Waals surface area contributed by atoms with Crippen LogP contribution in [0.3, 0.4) is 0 Å². The van der Waals surface area contributed by atoms with Gasteiger partial charge in [0.05, 0.1) is 17.7 Å². The van der Waals surface area contributed by atoms with Gasteiger partial charge in [0, 0.05) is 27.8 Å². The van der Waals surface area contributed by atoms with E-state index in [-0.39, 0.29) is 16.6 Å². The number of furan rings is 1. The van der Waals surface area contributed by atoms with E-state index in [2.05, 4.69) is 61.2 Å². The van der Waals surface area contributed by atoms with Gasteiger partial charge in [-0.25, -0.2) is 13.8 Å². The Balaban J connectivity index is 1.49. The molecular weight excluding hydrogens is 531 g/mol. The quantitative estimate of drug-likeness (QED) is 0.151. The first-order valence-corrected chi connectivity index (χ1v) is 14.7. The minimum absolute atomic E-state index is 0.131. The SMILES string of the molecule is [C-]#[N+]c1ccc(-c2ccc3c(c2)C(C)(C)c2ccccc2-3)c2oc3c(-c4cc(F)c(C(C)(C)C)c[n+]4C)c(C)ccc3c12. The Labute approximate surface area is 252 Å². The van der Waals surface area contributed by atoms with E-state index in [1.54, 1.807) is 6.07 Å². The van der Waals surface area contributed by atoms with Crippen molar-refractivity contribution in [2.75, 3.05) is 0 Å². The largest absolute Gasteiger partial charge is 0.456 e. The Morgan fingerprint density at radius 2 is 1.58 bits per heavy atom. The van der Waals surface area contributed by atoms with E-state index >= 15 is 4.39 Å². The first-order chi connectivity index (χ1) is 20.4. The maximum absolute atomic E-state index is 15.5. The highest BCUT2D eigenvalue weighted by molar-refractivity contribution is 6.18. The number of hydrogen-bond acceptors (Lipinski definition) is 1. The van der Waals surface area contributed by atoms with Gasteiger partial charge in [0.1, 0.15) is 24.0 Å². The zero-order valence-electron chi connectivity index (χ0n) is 25.7.